The van der Waals surface area contributed by atoms with Crippen molar-refractivity contribution in [1.29, 1.82) is 0 Å². The maximum atomic E-state index is 12.2. The van der Waals surface area contributed by atoms with Crippen LogP contribution in [0.1, 0.15) is 47.2 Å². The summed E-state index contributed by atoms with van der Waals surface area (Å²) in [7, 11) is 0. The first-order chi connectivity index (χ1) is 9.04. The summed E-state index contributed by atoms with van der Waals surface area (Å²) in [6, 6.07) is 2.08. The summed E-state index contributed by atoms with van der Waals surface area (Å²) >= 11 is 1.49. The van der Waals surface area contributed by atoms with Crippen LogP contribution in [0, 0.1) is 24.7 Å². The fourth-order valence-electron chi connectivity index (χ4n) is 3.90. The van der Waals surface area contributed by atoms with Gasteiger partial charge in [-0.2, -0.15) is 0 Å². The Morgan fingerprint density at radius 3 is 2.79 bits per heavy atom. The van der Waals surface area contributed by atoms with Gasteiger partial charge in [0.15, 0.2) is 0 Å². The lowest BCUT2D eigenvalue weighted by atomic mass is 9.84. The molecule has 0 aromatic carbocycles. The van der Waals surface area contributed by atoms with Gasteiger partial charge >= 0.3 is 0 Å². The number of fused-ring (bicyclic) bond motifs is 2. The van der Waals surface area contributed by atoms with Crippen LogP contribution in [0.2, 0.25) is 0 Å². The molecule has 2 aliphatic carbocycles. The van der Waals surface area contributed by atoms with Gasteiger partial charge in [0, 0.05) is 16.6 Å². The summed E-state index contributed by atoms with van der Waals surface area (Å²) in [5.74, 6) is 2.49. The van der Waals surface area contributed by atoms with Crippen molar-refractivity contribution in [2.24, 2.45) is 17.8 Å². The Morgan fingerprint density at radius 2 is 2.26 bits per heavy atom. The molecule has 104 valence electrons. The molecule has 1 aromatic heterocycles. The molecule has 3 N–H and O–H groups in total. The van der Waals surface area contributed by atoms with E-state index in [1.54, 1.807) is 6.07 Å². The van der Waals surface area contributed by atoms with Crippen molar-refractivity contribution in [2.45, 2.75) is 45.6 Å². The zero-order valence-electron chi connectivity index (χ0n) is 11.6. The maximum absolute atomic E-state index is 12.2. The van der Waals surface area contributed by atoms with E-state index in [1.165, 1.54) is 37.0 Å². The number of hydrogen-bond acceptors (Lipinski definition) is 3. The number of amides is 1. The summed E-state index contributed by atoms with van der Waals surface area (Å²) in [6.45, 7) is 4.11. The molecule has 2 bridgehead atoms. The predicted molar refractivity (Wildman–Crippen MR) is 79.3 cm³/mol. The number of nitrogens with two attached hydrogens (primary N) is 1. The highest BCUT2D eigenvalue weighted by Gasteiger charge is 2.42. The standard InChI is InChI=1S/C15H22N2OS/c1-8(12-6-10-3-4-11(12)5-10)17-15(18)14-7-13(16)9(2)19-14/h7-8,10-12H,3-6,16H2,1-2H3,(H,17,18). The van der Waals surface area contributed by atoms with E-state index in [1.807, 2.05) is 6.92 Å². The predicted octanol–water partition coefficient (Wildman–Crippen LogP) is 3.19. The van der Waals surface area contributed by atoms with Crippen LogP contribution >= 0.6 is 11.3 Å². The lowest BCUT2D eigenvalue weighted by molar-refractivity contribution is 0.0919. The van der Waals surface area contributed by atoms with Crippen LogP contribution in [-0.4, -0.2) is 11.9 Å². The molecule has 2 saturated carbocycles. The lowest BCUT2D eigenvalue weighted by Crippen LogP contribution is -2.39. The lowest BCUT2D eigenvalue weighted by Gasteiger charge is -2.28. The fraction of sp³-hybridized carbons (Fsp3) is 0.667. The fourth-order valence-corrected chi connectivity index (χ4v) is 4.74. The number of anilines is 1. The average molecular weight is 278 g/mol. The molecular formula is C15H22N2OS. The third-order valence-electron chi connectivity index (χ3n) is 4.97. The van der Waals surface area contributed by atoms with E-state index in [-0.39, 0.29) is 11.9 Å². The molecule has 1 amide bonds. The molecule has 0 radical (unpaired) electrons. The van der Waals surface area contributed by atoms with Gasteiger partial charge in [0.2, 0.25) is 0 Å². The topological polar surface area (TPSA) is 55.1 Å². The maximum Gasteiger partial charge on any atom is 0.261 e. The van der Waals surface area contributed by atoms with E-state index >= 15 is 0 Å². The van der Waals surface area contributed by atoms with Gasteiger partial charge in [-0.25, -0.2) is 0 Å². The van der Waals surface area contributed by atoms with Gasteiger partial charge < -0.3 is 11.1 Å². The number of nitrogen functional groups attached to an aromatic ring is 1. The molecule has 1 heterocycles. The normalized spacial score (nSPS) is 30.5. The Morgan fingerprint density at radius 1 is 1.47 bits per heavy atom. The Labute approximate surface area is 118 Å². The Balaban J connectivity index is 1.63. The summed E-state index contributed by atoms with van der Waals surface area (Å²) in [4.78, 5) is 14.0. The molecule has 1 aromatic rings. The highest BCUT2D eigenvalue weighted by Crippen LogP contribution is 2.49. The first kappa shape index (κ1) is 13.0. The minimum atomic E-state index is 0.0417. The smallest absolute Gasteiger partial charge is 0.261 e. The van der Waals surface area contributed by atoms with E-state index in [0.717, 1.165) is 27.3 Å². The summed E-state index contributed by atoms with van der Waals surface area (Å²) in [5, 5.41) is 3.18. The highest BCUT2D eigenvalue weighted by atomic mass is 32.1. The van der Waals surface area contributed by atoms with Gasteiger partial charge in [0.1, 0.15) is 0 Å². The van der Waals surface area contributed by atoms with Crippen molar-refractivity contribution >= 4 is 22.9 Å². The Hall–Kier alpha value is -1.03. The SMILES string of the molecule is Cc1sc(C(=O)NC(C)C2CC3CCC2C3)cc1N. The van der Waals surface area contributed by atoms with Crippen LogP contribution in [0.5, 0.6) is 0 Å². The average Bonchev–Trinajstić information content (AvgIpc) is 3.06. The summed E-state index contributed by atoms with van der Waals surface area (Å²) in [5.41, 5.74) is 6.54. The highest BCUT2D eigenvalue weighted by molar-refractivity contribution is 7.14. The molecule has 19 heavy (non-hydrogen) atoms. The van der Waals surface area contributed by atoms with Crippen molar-refractivity contribution in [3.63, 3.8) is 0 Å². The zero-order chi connectivity index (χ0) is 13.6. The molecule has 0 spiro atoms. The van der Waals surface area contributed by atoms with Gasteiger partial charge in [0.05, 0.1) is 4.88 Å². The van der Waals surface area contributed by atoms with Crippen LogP contribution < -0.4 is 11.1 Å². The van der Waals surface area contributed by atoms with Crippen LogP contribution in [0.25, 0.3) is 0 Å². The van der Waals surface area contributed by atoms with Crippen LogP contribution in [0.4, 0.5) is 5.69 Å². The second-order valence-corrected chi connectivity index (χ2v) is 7.48. The number of carbonyl (C=O) groups excluding carboxylic acids is 1. The van der Waals surface area contributed by atoms with Crippen molar-refractivity contribution < 1.29 is 4.79 Å². The quantitative estimate of drug-likeness (QED) is 0.892. The van der Waals surface area contributed by atoms with Crippen LogP contribution in [-0.2, 0) is 0 Å². The Bertz CT molecular complexity index is 477. The molecule has 4 unspecified atom stereocenters. The zero-order valence-corrected chi connectivity index (χ0v) is 12.4. The van der Waals surface area contributed by atoms with Gasteiger partial charge in [-0.1, -0.05) is 6.42 Å². The van der Waals surface area contributed by atoms with Gasteiger partial charge in [0.25, 0.3) is 5.91 Å². The first-order valence-electron chi connectivity index (χ1n) is 7.21. The number of carbonyl (C=O) groups is 1. The third kappa shape index (κ3) is 2.38. The third-order valence-corrected chi connectivity index (χ3v) is 6.04. The summed E-state index contributed by atoms with van der Waals surface area (Å²) in [6.07, 6.45) is 5.46. The van der Waals surface area contributed by atoms with E-state index in [4.69, 9.17) is 5.73 Å². The van der Waals surface area contributed by atoms with Crippen LogP contribution in [0.15, 0.2) is 6.07 Å². The largest absolute Gasteiger partial charge is 0.398 e. The number of rotatable bonds is 3. The van der Waals surface area contributed by atoms with Gasteiger partial charge in [-0.05, 0) is 56.9 Å². The van der Waals surface area contributed by atoms with Crippen molar-refractivity contribution in [3.05, 3.63) is 15.8 Å². The van der Waals surface area contributed by atoms with Crippen molar-refractivity contribution in [2.75, 3.05) is 5.73 Å². The molecular weight excluding hydrogens is 256 g/mol. The minimum absolute atomic E-state index is 0.0417. The number of hydrogen-bond donors (Lipinski definition) is 2. The van der Waals surface area contributed by atoms with Crippen molar-refractivity contribution in [3.8, 4) is 0 Å². The number of nitrogens with one attached hydrogen (secondary N) is 1. The summed E-state index contributed by atoms with van der Waals surface area (Å²) < 4.78 is 0. The van der Waals surface area contributed by atoms with E-state index < -0.39 is 0 Å². The van der Waals surface area contributed by atoms with Crippen LogP contribution in [0.3, 0.4) is 0 Å². The van der Waals surface area contributed by atoms with E-state index in [0.29, 0.717) is 5.92 Å². The minimum Gasteiger partial charge on any atom is -0.398 e. The first-order valence-corrected chi connectivity index (χ1v) is 8.03. The van der Waals surface area contributed by atoms with Gasteiger partial charge in [-0.15, -0.1) is 11.3 Å². The number of aryl methyl sites for hydroxylation is 1. The van der Waals surface area contributed by atoms with E-state index in [9.17, 15) is 4.79 Å². The second kappa shape index (κ2) is 4.82. The molecule has 2 aliphatic rings. The second-order valence-electron chi connectivity index (χ2n) is 6.22. The molecule has 3 rings (SSSR count). The molecule has 0 aliphatic heterocycles. The van der Waals surface area contributed by atoms with Crippen molar-refractivity contribution in [1.82, 2.24) is 5.32 Å². The molecule has 0 saturated heterocycles. The Kier molecular flexibility index (Phi) is 3.29. The monoisotopic (exact) mass is 278 g/mol. The number of thiophene rings is 1. The molecule has 4 atom stereocenters. The molecule has 3 nitrogen and oxygen atoms in total. The van der Waals surface area contributed by atoms with E-state index in [2.05, 4.69) is 12.2 Å². The van der Waals surface area contributed by atoms with Gasteiger partial charge in [-0.3, -0.25) is 4.79 Å². The molecule has 4 heteroatoms. The molecule has 2 fully saturated rings.